The van der Waals surface area contributed by atoms with Crippen molar-refractivity contribution in [1.29, 1.82) is 5.26 Å². The molecule has 0 saturated carbocycles. The van der Waals surface area contributed by atoms with Crippen LogP contribution in [0.4, 0.5) is 16.3 Å². The van der Waals surface area contributed by atoms with Crippen molar-refractivity contribution in [3.63, 3.8) is 0 Å². The quantitative estimate of drug-likeness (QED) is 0.429. The van der Waals surface area contributed by atoms with Gasteiger partial charge in [-0.25, -0.2) is 9.78 Å². The van der Waals surface area contributed by atoms with Gasteiger partial charge >= 0.3 is 6.03 Å². The summed E-state index contributed by atoms with van der Waals surface area (Å²) < 4.78 is 0. The van der Waals surface area contributed by atoms with E-state index in [1.807, 2.05) is 67.6 Å². The molecule has 0 spiro atoms. The lowest BCUT2D eigenvalue weighted by Crippen LogP contribution is -2.32. The van der Waals surface area contributed by atoms with Crippen LogP contribution in [-0.2, 0) is 11.2 Å². The molecule has 8 nitrogen and oxygen atoms in total. The number of aromatic nitrogens is 1. The normalized spacial score (nSPS) is 13.9. The van der Waals surface area contributed by atoms with Gasteiger partial charge in [0.25, 0.3) is 0 Å². The van der Waals surface area contributed by atoms with Gasteiger partial charge in [-0.05, 0) is 55.3 Å². The molecular formula is C28H30N6O2. The summed E-state index contributed by atoms with van der Waals surface area (Å²) in [7, 11) is 0. The van der Waals surface area contributed by atoms with E-state index in [1.54, 1.807) is 22.1 Å². The molecule has 2 N–H and O–H groups in total. The van der Waals surface area contributed by atoms with Crippen molar-refractivity contribution in [1.82, 2.24) is 15.2 Å². The molecule has 8 heteroatoms. The fourth-order valence-corrected chi connectivity index (χ4v) is 4.22. The van der Waals surface area contributed by atoms with Gasteiger partial charge in [-0.15, -0.1) is 0 Å². The Morgan fingerprint density at radius 3 is 2.50 bits per heavy atom. The number of rotatable bonds is 10. The van der Waals surface area contributed by atoms with Crippen molar-refractivity contribution < 1.29 is 9.59 Å². The van der Waals surface area contributed by atoms with Crippen LogP contribution in [0.3, 0.4) is 0 Å². The number of nitrogens with one attached hydrogen (secondary N) is 2. The van der Waals surface area contributed by atoms with Crippen LogP contribution in [0.2, 0.25) is 0 Å². The van der Waals surface area contributed by atoms with Gasteiger partial charge in [-0.2, -0.15) is 5.26 Å². The van der Waals surface area contributed by atoms with Gasteiger partial charge in [-0.1, -0.05) is 42.5 Å². The molecule has 0 bridgehead atoms. The first kappa shape index (κ1) is 24.9. The van der Waals surface area contributed by atoms with Crippen molar-refractivity contribution in [3.05, 3.63) is 89.6 Å². The molecule has 1 aliphatic rings. The zero-order valence-electron chi connectivity index (χ0n) is 20.4. The maximum atomic E-state index is 13.2. The van der Waals surface area contributed by atoms with Crippen LogP contribution < -0.4 is 15.5 Å². The summed E-state index contributed by atoms with van der Waals surface area (Å²) in [4.78, 5) is 33.5. The van der Waals surface area contributed by atoms with Crippen LogP contribution in [0.15, 0.2) is 72.9 Å². The molecule has 3 amide bonds. The summed E-state index contributed by atoms with van der Waals surface area (Å²) in [5.41, 5.74) is 3.41. The van der Waals surface area contributed by atoms with Gasteiger partial charge in [0.05, 0.1) is 29.4 Å². The first-order valence-corrected chi connectivity index (χ1v) is 12.2. The van der Waals surface area contributed by atoms with Crippen LogP contribution in [0, 0.1) is 11.3 Å². The summed E-state index contributed by atoms with van der Waals surface area (Å²) in [5.74, 6) is -0.102. The highest BCUT2D eigenvalue weighted by Crippen LogP contribution is 2.22. The van der Waals surface area contributed by atoms with E-state index in [9.17, 15) is 9.59 Å². The van der Waals surface area contributed by atoms with Crippen LogP contribution >= 0.6 is 0 Å². The van der Waals surface area contributed by atoms with Gasteiger partial charge in [0.1, 0.15) is 5.82 Å². The number of nitrogens with zero attached hydrogens (tertiary/aromatic N) is 4. The average Bonchev–Trinajstić information content (AvgIpc) is 3.30. The highest BCUT2D eigenvalue weighted by Gasteiger charge is 2.28. The van der Waals surface area contributed by atoms with E-state index in [0.29, 0.717) is 44.1 Å². The first-order valence-electron chi connectivity index (χ1n) is 12.2. The van der Waals surface area contributed by atoms with E-state index >= 15 is 0 Å². The molecule has 36 heavy (non-hydrogen) atoms. The van der Waals surface area contributed by atoms with Crippen molar-refractivity contribution in [3.8, 4) is 6.07 Å². The molecule has 1 unspecified atom stereocenters. The fraction of sp³-hybridized carbons (Fsp3) is 0.286. The standard InChI is InChI=1S/C28H30N6O2/c1-2-33-16-17-34(28(33)36)24-12-13-26(31-19-24)32-27(35)25(23-6-4-3-5-7-23)20-30-15-14-21-8-10-22(18-29)11-9-21/h3-13,19,25,30H,2,14-17,20H2,1H3,(H,31,32,35). The first-order chi connectivity index (χ1) is 17.6. The number of amides is 3. The second kappa shape index (κ2) is 12.0. The molecule has 1 fully saturated rings. The van der Waals surface area contributed by atoms with Gasteiger partial charge in [0, 0.05) is 26.2 Å². The molecule has 1 aromatic heterocycles. The van der Waals surface area contributed by atoms with Crippen LogP contribution in [0.25, 0.3) is 0 Å². The second-order valence-electron chi connectivity index (χ2n) is 8.63. The van der Waals surface area contributed by atoms with Gasteiger partial charge < -0.3 is 15.5 Å². The average molecular weight is 483 g/mol. The second-order valence-corrected chi connectivity index (χ2v) is 8.63. The molecule has 1 saturated heterocycles. The third kappa shape index (κ3) is 6.06. The topological polar surface area (TPSA) is 101 Å². The summed E-state index contributed by atoms with van der Waals surface area (Å²) >= 11 is 0. The number of likely N-dealkylation sites (N-methyl/N-ethyl adjacent to an activating group) is 1. The van der Waals surface area contributed by atoms with E-state index in [1.165, 1.54) is 0 Å². The number of urea groups is 1. The lowest BCUT2D eigenvalue weighted by Gasteiger charge is -2.19. The maximum Gasteiger partial charge on any atom is 0.324 e. The Hall–Kier alpha value is -4.22. The Kier molecular flexibility index (Phi) is 8.27. The summed E-state index contributed by atoms with van der Waals surface area (Å²) in [5, 5.41) is 15.3. The predicted octanol–water partition coefficient (Wildman–Crippen LogP) is 3.77. The smallest absolute Gasteiger partial charge is 0.323 e. The van der Waals surface area contributed by atoms with Crippen molar-refractivity contribution in [2.75, 3.05) is 42.9 Å². The molecule has 1 aliphatic heterocycles. The lowest BCUT2D eigenvalue weighted by molar-refractivity contribution is -0.117. The summed E-state index contributed by atoms with van der Waals surface area (Å²) in [6.45, 7) is 5.14. The number of benzene rings is 2. The van der Waals surface area contributed by atoms with Crippen LogP contribution in [0.5, 0.6) is 0 Å². The van der Waals surface area contributed by atoms with Crippen molar-refractivity contribution in [2.45, 2.75) is 19.3 Å². The van der Waals surface area contributed by atoms with Gasteiger partial charge in [0.15, 0.2) is 0 Å². The highest BCUT2D eigenvalue weighted by atomic mass is 16.2. The fourth-order valence-electron chi connectivity index (χ4n) is 4.22. The zero-order valence-corrected chi connectivity index (χ0v) is 20.4. The van der Waals surface area contributed by atoms with E-state index in [4.69, 9.17) is 5.26 Å². The van der Waals surface area contributed by atoms with Crippen molar-refractivity contribution in [2.24, 2.45) is 0 Å². The number of hydrogen-bond donors (Lipinski definition) is 2. The molecule has 0 radical (unpaired) electrons. The van der Waals surface area contributed by atoms with Crippen LogP contribution in [-0.4, -0.2) is 54.5 Å². The highest BCUT2D eigenvalue weighted by molar-refractivity contribution is 5.96. The Morgan fingerprint density at radius 2 is 1.86 bits per heavy atom. The third-order valence-electron chi connectivity index (χ3n) is 6.33. The molecular weight excluding hydrogens is 452 g/mol. The maximum absolute atomic E-state index is 13.2. The van der Waals surface area contributed by atoms with Crippen molar-refractivity contribution >= 4 is 23.4 Å². The van der Waals surface area contributed by atoms with Gasteiger partial charge in [0.2, 0.25) is 5.91 Å². The zero-order chi connectivity index (χ0) is 25.3. The monoisotopic (exact) mass is 482 g/mol. The SMILES string of the molecule is CCN1CCN(c2ccc(NC(=O)C(CNCCc3ccc(C#N)cc3)c3ccccc3)nc2)C1=O. The number of nitriles is 1. The third-order valence-corrected chi connectivity index (χ3v) is 6.33. The lowest BCUT2D eigenvalue weighted by atomic mass is 9.98. The Balaban J connectivity index is 1.36. The van der Waals surface area contributed by atoms with E-state index < -0.39 is 5.92 Å². The number of pyridine rings is 1. The predicted molar refractivity (Wildman–Crippen MR) is 140 cm³/mol. The van der Waals surface area contributed by atoms with E-state index in [0.717, 1.165) is 23.2 Å². The minimum atomic E-state index is -0.396. The Bertz CT molecular complexity index is 1210. The molecule has 2 aromatic carbocycles. The number of anilines is 2. The van der Waals surface area contributed by atoms with E-state index in [2.05, 4.69) is 21.7 Å². The largest absolute Gasteiger partial charge is 0.324 e. The molecule has 184 valence electrons. The van der Waals surface area contributed by atoms with E-state index in [-0.39, 0.29) is 11.9 Å². The Morgan fingerprint density at radius 1 is 1.08 bits per heavy atom. The number of hydrogen-bond acceptors (Lipinski definition) is 5. The molecule has 3 aromatic rings. The summed E-state index contributed by atoms with van der Waals surface area (Å²) in [6.07, 6.45) is 2.42. The van der Waals surface area contributed by atoms with Gasteiger partial charge in [-0.3, -0.25) is 9.69 Å². The minimum Gasteiger partial charge on any atom is -0.323 e. The number of carbonyl (C=O) groups excluding carboxylic acids is 2. The minimum absolute atomic E-state index is 0.0210. The molecule has 2 heterocycles. The van der Waals surface area contributed by atoms with Crippen LogP contribution in [0.1, 0.15) is 29.5 Å². The Labute approximate surface area is 211 Å². The molecule has 1 atom stereocenters. The molecule has 0 aliphatic carbocycles. The summed E-state index contributed by atoms with van der Waals surface area (Å²) in [6, 6.07) is 22.8. The molecule has 4 rings (SSSR count). The number of carbonyl (C=O) groups is 2.